The number of imidazole rings is 1. The number of rotatable bonds is 11. The van der Waals surface area contributed by atoms with Gasteiger partial charge in [0.1, 0.15) is 16.4 Å². The smallest absolute Gasteiger partial charge is 0.343 e. The van der Waals surface area contributed by atoms with E-state index in [-0.39, 0.29) is 34.7 Å². The molecular formula is C28H38N4O6S. The van der Waals surface area contributed by atoms with Crippen LogP contribution in [0.5, 0.6) is 11.5 Å². The fourth-order valence-electron chi connectivity index (χ4n) is 5.26. The third kappa shape index (κ3) is 5.84. The minimum atomic E-state index is -4.36. The Morgan fingerprint density at radius 1 is 1.03 bits per heavy atom. The Hall–Kier alpha value is -3.31. The molecule has 1 heterocycles. The van der Waals surface area contributed by atoms with Crippen molar-refractivity contribution in [1.29, 1.82) is 0 Å². The number of carbonyl (C=O) groups is 1. The first-order chi connectivity index (χ1) is 18.7. The second kappa shape index (κ2) is 12.3. The summed E-state index contributed by atoms with van der Waals surface area (Å²) in [6.45, 7) is 7.96. The number of ether oxygens (including phenoxy) is 2. The summed E-state index contributed by atoms with van der Waals surface area (Å²) in [5.74, 6) is 0.395. The number of nitrogens with one attached hydrogen (secondary N) is 1. The molecule has 11 heteroatoms. The largest absolute Gasteiger partial charge is 0.495 e. The number of hydrogen-bond donors (Lipinski definition) is 1. The van der Waals surface area contributed by atoms with Crippen LogP contribution >= 0.6 is 0 Å². The number of likely N-dealkylation sites (N-methyl/N-ethyl adjacent to an activating group) is 1. The van der Waals surface area contributed by atoms with E-state index in [9.17, 15) is 18.0 Å². The minimum absolute atomic E-state index is 0.0343. The van der Waals surface area contributed by atoms with Crippen LogP contribution in [0.25, 0.3) is 11.0 Å². The molecule has 3 aromatic rings. The third-order valence-electron chi connectivity index (χ3n) is 7.28. The van der Waals surface area contributed by atoms with Gasteiger partial charge in [-0.15, -0.1) is 0 Å². The van der Waals surface area contributed by atoms with E-state index in [1.165, 1.54) is 25.3 Å². The van der Waals surface area contributed by atoms with Crippen LogP contribution in [0.3, 0.4) is 0 Å². The van der Waals surface area contributed by atoms with Crippen molar-refractivity contribution >= 4 is 32.7 Å². The first-order valence-electron chi connectivity index (χ1n) is 13.6. The molecule has 2 aromatic carbocycles. The Labute approximate surface area is 229 Å². The molecule has 0 spiro atoms. The van der Waals surface area contributed by atoms with Gasteiger partial charge >= 0.3 is 5.69 Å². The Balaban J connectivity index is 1.79. The van der Waals surface area contributed by atoms with E-state index < -0.39 is 15.7 Å². The number of benzene rings is 2. The highest BCUT2D eigenvalue weighted by atomic mass is 32.2. The van der Waals surface area contributed by atoms with E-state index in [0.29, 0.717) is 23.6 Å². The maximum Gasteiger partial charge on any atom is 0.343 e. The van der Waals surface area contributed by atoms with Gasteiger partial charge in [-0.3, -0.25) is 14.3 Å². The lowest BCUT2D eigenvalue weighted by Gasteiger charge is -2.23. The van der Waals surface area contributed by atoms with Gasteiger partial charge in [-0.25, -0.2) is 13.2 Å². The van der Waals surface area contributed by atoms with Gasteiger partial charge in [-0.2, -0.15) is 3.97 Å². The van der Waals surface area contributed by atoms with E-state index in [0.717, 1.165) is 49.2 Å². The molecule has 0 radical (unpaired) electrons. The number of amides is 1. The molecule has 10 nitrogen and oxygen atoms in total. The van der Waals surface area contributed by atoms with Crippen LogP contribution in [-0.4, -0.2) is 61.1 Å². The van der Waals surface area contributed by atoms with Crippen LogP contribution in [0.2, 0.25) is 0 Å². The molecule has 39 heavy (non-hydrogen) atoms. The number of fused-ring (bicyclic) bond motifs is 1. The fourth-order valence-corrected chi connectivity index (χ4v) is 6.80. The molecule has 1 fully saturated rings. The van der Waals surface area contributed by atoms with Gasteiger partial charge in [0.05, 0.1) is 31.3 Å². The maximum atomic E-state index is 14.1. The Kier molecular flexibility index (Phi) is 9.01. The normalized spacial score (nSPS) is 14.6. The van der Waals surface area contributed by atoms with Crippen LogP contribution in [0.1, 0.15) is 58.9 Å². The molecule has 1 saturated carbocycles. The molecule has 0 unspecified atom stereocenters. The van der Waals surface area contributed by atoms with Gasteiger partial charge in [-0.05, 0) is 57.1 Å². The molecule has 0 bridgehead atoms. The predicted octanol–water partition coefficient (Wildman–Crippen LogP) is 4.23. The lowest BCUT2D eigenvalue weighted by Crippen LogP contribution is -2.33. The van der Waals surface area contributed by atoms with Crippen LogP contribution in [0, 0.1) is 0 Å². The van der Waals surface area contributed by atoms with Gasteiger partial charge in [-0.1, -0.05) is 33.1 Å². The monoisotopic (exact) mass is 558 g/mol. The SMILES string of the molecule is CCOc1ccc2c(c1)n(C1CCCCC1)c(=O)n2S(=O)(=O)c1ccc(NC(=O)CN(CC)CC)cc1OC. The summed E-state index contributed by atoms with van der Waals surface area (Å²) in [4.78, 5) is 28.2. The zero-order chi connectivity index (χ0) is 28.2. The summed E-state index contributed by atoms with van der Waals surface area (Å²) >= 11 is 0. The van der Waals surface area contributed by atoms with Crippen molar-refractivity contribution in [3.63, 3.8) is 0 Å². The molecule has 4 rings (SSSR count). The van der Waals surface area contributed by atoms with Crippen LogP contribution < -0.4 is 20.5 Å². The molecule has 1 aromatic heterocycles. The Bertz CT molecular complexity index is 1480. The number of aromatic nitrogens is 2. The van der Waals surface area contributed by atoms with Crippen LogP contribution in [-0.2, 0) is 14.8 Å². The quantitative estimate of drug-likeness (QED) is 0.375. The molecule has 0 aliphatic heterocycles. The van der Waals surface area contributed by atoms with Crippen molar-refractivity contribution in [2.75, 3.05) is 38.7 Å². The molecule has 0 saturated heterocycles. The topological polar surface area (TPSA) is 112 Å². The first kappa shape index (κ1) is 28.7. The summed E-state index contributed by atoms with van der Waals surface area (Å²) in [6, 6.07) is 9.28. The second-order valence-electron chi connectivity index (χ2n) is 9.67. The Morgan fingerprint density at radius 3 is 2.38 bits per heavy atom. The number of methoxy groups -OCH3 is 1. The number of carbonyl (C=O) groups excluding carboxylic acids is 1. The highest BCUT2D eigenvalue weighted by Gasteiger charge is 2.31. The average molecular weight is 559 g/mol. The number of nitrogens with zero attached hydrogens (tertiary/aromatic N) is 3. The summed E-state index contributed by atoms with van der Waals surface area (Å²) in [6.07, 6.45) is 4.68. The van der Waals surface area contributed by atoms with Crippen molar-refractivity contribution in [1.82, 2.24) is 13.4 Å². The van der Waals surface area contributed by atoms with Crippen molar-refractivity contribution in [2.24, 2.45) is 0 Å². The van der Waals surface area contributed by atoms with E-state index >= 15 is 0 Å². The number of hydrogen-bond acceptors (Lipinski definition) is 7. The lowest BCUT2D eigenvalue weighted by atomic mass is 9.95. The van der Waals surface area contributed by atoms with Gasteiger partial charge in [0.2, 0.25) is 5.91 Å². The minimum Gasteiger partial charge on any atom is -0.495 e. The molecule has 212 valence electrons. The molecule has 1 aliphatic carbocycles. The van der Waals surface area contributed by atoms with Crippen molar-refractivity contribution in [3.8, 4) is 11.5 Å². The maximum absolute atomic E-state index is 14.1. The van der Waals surface area contributed by atoms with E-state index in [4.69, 9.17) is 9.47 Å². The Morgan fingerprint density at radius 2 is 1.74 bits per heavy atom. The molecular weight excluding hydrogens is 520 g/mol. The van der Waals surface area contributed by atoms with Crippen LogP contribution in [0.15, 0.2) is 46.1 Å². The second-order valence-corrected chi connectivity index (χ2v) is 11.4. The molecule has 1 N–H and O–H groups in total. The highest BCUT2D eigenvalue weighted by Crippen LogP contribution is 2.34. The van der Waals surface area contributed by atoms with E-state index in [1.54, 1.807) is 22.8 Å². The standard InChI is InChI=1S/C28H38N4O6S/c1-5-30(6-2)19-27(33)29-20-13-16-26(25(17-20)37-4)39(35,36)32-23-15-14-22(38-7-3)18-24(23)31(28(32)34)21-11-9-8-10-12-21/h13-18,21H,5-12,19H2,1-4H3,(H,29,33). The van der Waals surface area contributed by atoms with Crippen molar-refractivity contribution in [2.45, 2.75) is 63.8 Å². The molecule has 0 atom stereocenters. The zero-order valence-electron chi connectivity index (χ0n) is 23.1. The molecule has 1 aliphatic rings. The van der Waals surface area contributed by atoms with Crippen LogP contribution in [0.4, 0.5) is 5.69 Å². The van der Waals surface area contributed by atoms with Gasteiger partial charge in [0.15, 0.2) is 0 Å². The van der Waals surface area contributed by atoms with Crippen molar-refractivity contribution in [3.05, 3.63) is 46.9 Å². The number of anilines is 1. The lowest BCUT2D eigenvalue weighted by molar-refractivity contribution is -0.117. The fraction of sp³-hybridized carbons (Fsp3) is 0.500. The van der Waals surface area contributed by atoms with Gasteiger partial charge in [0.25, 0.3) is 10.0 Å². The average Bonchev–Trinajstić information content (AvgIpc) is 3.23. The highest BCUT2D eigenvalue weighted by molar-refractivity contribution is 7.90. The zero-order valence-corrected chi connectivity index (χ0v) is 23.9. The third-order valence-corrected chi connectivity index (χ3v) is 9.01. The van der Waals surface area contributed by atoms with E-state index in [1.807, 2.05) is 25.7 Å². The molecule has 1 amide bonds. The summed E-state index contributed by atoms with van der Waals surface area (Å²) in [7, 11) is -3.00. The first-order valence-corrected chi connectivity index (χ1v) is 15.0. The summed E-state index contributed by atoms with van der Waals surface area (Å²) < 4.78 is 41.7. The van der Waals surface area contributed by atoms with E-state index in [2.05, 4.69) is 5.32 Å². The summed E-state index contributed by atoms with van der Waals surface area (Å²) in [5, 5.41) is 2.80. The van der Waals surface area contributed by atoms with Gasteiger partial charge < -0.3 is 14.8 Å². The van der Waals surface area contributed by atoms with Crippen molar-refractivity contribution < 1.29 is 22.7 Å². The summed E-state index contributed by atoms with van der Waals surface area (Å²) in [5.41, 5.74) is 0.610. The van der Waals surface area contributed by atoms with Gasteiger partial charge in [0, 0.05) is 23.9 Å². The predicted molar refractivity (Wildman–Crippen MR) is 151 cm³/mol.